The van der Waals surface area contributed by atoms with Gasteiger partial charge < -0.3 is 10.5 Å². The number of nitrogens with two attached hydrogens (primary N) is 1. The molecule has 0 atom stereocenters. The van der Waals surface area contributed by atoms with Crippen LogP contribution < -0.4 is 10.5 Å². The summed E-state index contributed by atoms with van der Waals surface area (Å²) < 4.78 is 5.68. The van der Waals surface area contributed by atoms with Crippen LogP contribution in [0.15, 0.2) is 18.2 Å². The van der Waals surface area contributed by atoms with E-state index in [2.05, 4.69) is 36.6 Å². The first kappa shape index (κ1) is 14.5. The van der Waals surface area contributed by atoms with Crippen molar-refractivity contribution in [1.82, 2.24) is 4.90 Å². The summed E-state index contributed by atoms with van der Waals surface area (Å²) in [5, 5.41) is 0. The predicted molar refractivity (Wildman–Crippen MR) is 83.8 cm³/mol. The normalized spacial score (nSPS) is 19.9. The zero-order valence-corrected chi connectivity index (χ0v) is 12.9. The van der Waals surface area contributed by atoms with Crippen molar-refractivity contribution < 1.29 is 4.74 Å². The van der Waals surface area contributed by atoms with E-state index in [1.165, 1.54) is 17.7 Å². The maximum atomic E-state index is 5.91. The van der Waals surface area contributed by atoms with Gasteiger partial charge in [-0.05, 0) is 30.7 Å². The largest absolute Gasteiger partial charge is 0.497 e. The van der Waals surface area contributed by atoms with Gasteiger partial charge in [-0.25, -0.2) is 0 Å². The second kappa shape index (κ2) is 6.06. The molecule has 2 N–H and O–H groups in total. The topological polar surface area (TPSA) is 38.5 Å². The first-order valence-corrected chi connectivity index (χ1v) is 7.77. The number of ether oxygens (including phenoxy) is 1. The lowest BCUT2D eigenvalue weighted by Crippen LogP contribution is -2.26. The van der Waals surface area contributed by atoms with Crippen molar-refractivity contribution in [3.8, 4) is 5.75 Å². The minimum Gasteiger partial charge on any atom is -0.497 e. The van der Waals surface area contributed by atoms with Gasteiger partial charge >= 0.3 is 0 Å². The molecule has 3 nitrogen and oxygen atoms in total. The van der Waals surface area contributed by atoms with Crippen molar-refractivity contribution >= 4 is 17.4 Å². The van der Waals surface area contributed by atoms with Crippen molar-refractivity contribution in [3.05, 3.63) is 23.8 Å². The standard InChI is InChI=1S/C15H24N2OS/c1-15(2)4-5-17(6-7-19-15)11-12-8-13(16)10-14(9-12)18-3/h8-10H,4-7,11,16H2,1-3H3. The van der Waals surface area contributed by atoms with E-state index in [1.54, 1.807) is 7.11 Å². The van der Waals surface area contributed by atoms with E-state index in [4.69, 9.17) is 10.5 Å². The molecule has 0 aromatic heterocycles. The number of anilines is 1. The summed E-state index contributed by atoms with van der Waals surface area (Å²) in [5.41, 5.74) is 7.93. The van der Waals surface area contributed by atoms with Gasteiger partial charge in [-0.15, -0.1) is 0 Å². The van der Waals surface area contributed by atoms with Gasteiger partial charge in [-0.3, -0.25) is 4.90 Å². The van der Waals surface area contributed by atoms with Crippen LogP contribution in [0, 0.1) is 0 Å². The van der Waals surface area contributed by atoms with E-state index in [0.717, 1.165) is 31.1 Å². The monoisotopic (exact) mass is 280 g/mol. The number of nitrogen functional groups attached to an aromatic ring is 1. The summed E-state index contributed by atoms with van der Waals surface area (Å²) >= 11 is 2.08. The Bertz CT molecular complexity index is 434. The molecule has 0 aliphatic carbocycles. The fourth-order valence-electron chi connectivity index (χ4n) is 2.37. The Morgan fingerprint density at radius 2 is 2.11 bits per heavy atom. The molecule has 0 unspecified atom stereocenters. The van der Waals surface area contributed by atoms with Gasteiger partial charge in [0.15, 0.2) is 0 Å². The smallest absolute Gasteiger partial charge is 0.121 e. The predicted octanol–water partition coefficient (Wildman–Crippen LogP) is 2.99. The van der Waals surface area contributed by atoms with Gasteiger partial charge in [0.1, 0.15) is 5.75 Å². The molecular weight excluding hydrogens is 256 g/mol. The Hall–Kier alpha value is -0.870. The molecule has 1 aromatic rings. The lowest BCUT2D eigenvalue weighted by Gasteiger charge is -2.22. The van der Waals surface area contributed by atoms with Gasteiger partial charge in [0.05, 0.1) is 7.11 Å². The number of rotatable bonds is 3. The number of benzene rings is 1. The van der Waals surface area contributed by atoms with Gasteiger partial charge in [0, 0.05) is 35.3 Å². The molecule has 1 aliphatic rings. The number of thioether (sulfide) groups is 1. The third-order valence-corrected chi connectivity index (χ3v) is 4.93. The molecular formula is C15H24N2OS. The number of nitrogens with zero attached hydrogens (tertiary/aromatic N) is 1. The van der Waals surface area contributed by atoms with Crippen LogP contribution in [-0.4, -0.2) is 35.6 Å². The molecule has 1 saturated heterocycles. The summed E-state index contributed by atoms with van der Waals surface area (Å²) in [6.07, 6.45) is 1.23. The van der Waals surface area contributed by atoms with E-state index in [-0.39, 0.29) is 0 Å². The van der Waals surface area contributed by atoms with Crippen LogP contribution in [0.4, 0.5) is 5.69 Å². The lowest BCUT2D eigenvalue weighted by molar-refractivity contribution is 0.276. The Kier molecular flexibility index (Phi) is 4.63. The highest BCUT2D eigenvalue weighted by molar-refractivity contribution is 8.00. The molecule has 0 amide bonds. The van der Waals surface area contributed by atoms with E-state index >= 15 is 0 Å². The second-order valence-corrected chi connectivity index (χ2v) is 7.55. The first-order chi connectivity index (χ1) is 8.98. The lowest BCUT2D eigenvalue weighted by atomic mass is 10.1. The van der Waals surface area contributed by atoms with Crippen LogP contribution in [0.5, 0.6) is 5.75 Å². The highest BCUT2D eigenvalue weighted by Gasteiger charge is 2.23. The van der Waals surface area contributed by atoms with Gasteiger partial charge in [0.2, 0.25) is 0 Å². The molecule has 1 aliphatic heterocycles. The summed E-state index contributed by atoms with van der Waals surface area (Å²) in [5.74, 6) is 2.05. The first-order valence-electron chi connectivity index (χ1n) is 6.78. The third kappa shape index (κ3) is 4.32. The second-order valence-electron chi connectivity index (χ2n) is 5.75. The number of hydrogen-bond acceptors (Lipinski definition) is 4. The van der Waals surface area contributed by atoms with E-state index in [9.17, 15) is 0 Å². The van der Waals surface area contributed by atoms with Crippen molar-refractivity contribution in [2.24, 2.45) is 0 Å². The SMILES string of the molecule is COc1cc(N)cc(CN2CCSC(C)(C)CC2)c1. The maximum Gasteiger partial charge on any atom is 0.121 e. The molecule has 19 heavy (non-hydrogen) atoms. The highest BCUT2D eigenvalue weighted by atomic mass is 32.2. The highest BCUT2D eigenvalue weighted by Crippen LogP contribution is 2.31. The van der Waals surface area contributed by atoms with Crippen molar-refractivity contribution in [2.75, 3.05) is 31.7 Å². The Morgan fingerprint density at radius 1 is 1.32 bits per heavy atom. The van der Waals surface area contributed by atoms with Gasteiger partial charge in [-0.1, -0.05) is 13.8 Å². The van der Waals surface area contributed by atoms with Crippen molar-refractivity contribution in [2.45, 2.75) is 31.6 Å². The zero-order valence-electron chi connectivity index (χ0n) is 12.1. The maximum absolute atomic E-state index is 5.91. The molecule has 1 fully saturated rings. The van der Waals surface area contributed by atoms with Crippen LogP contribution >= 0.6 is 11.8 Å². The minimum absolute atomic E-state index is 0.405. The van der Waals surface area contributed by atoms with Crippen LogP contribution in [-0.2, 0) is 6.54 Å². The van der Waals surface area contributed by atoms with E-state index < -0.39 is 0 Å². The zero-order chi connectivity index (χ0) is 13.9. The molecule has 2 rings (SSSR count). The molecule has 0 bridgehead atoms. The summed E-state index contributed by atoms with van der Waals surface area (Å²) in [7, 11) is 1.68. The Labute approximate surface area is 120 Å². The quantitative estimate of drug-likeness (QED) is 0.864. The summed E-state index contributed by atoms with van der Waals surface area (Å²) in [6.45, 7) is 7.93. The van der Waals surface area contributed by atoms with Gasteiger partial charge in [0.25, 0.3) is 0 Å². The number of hydrogen-bond donors (Lipinski definition) is 1. The minimum atomic E-state index is 0.405. The van der Waals surface area contributed by atoms with Crippen molar-refractivity contribution in [3.63, 3.8) is 0 Å². The van der Waals surface area contributed by atoms with Crippen LogP contribution in [0.1, 0.15) is 25.8 Å². The Balaban J connectivity index is 2.02. The van der Waals surface area contributed by atoms with Crippen LogP contribution in [0.3, 0.4) is 0 Å². The fourth-order valence-corrected chi connectivity index (χ4v) is 3.51. The van der Waals surface area contributed by atoms with E-state index in [0.29, 0.717) is 4.75 Å². The average Bonchev–Trinajstić information content (AvgIpc) is 2.50. The Morgan fingerprint density at radius 3 is 2.84 bits per heavy atom. The molecule has 4 heteroatoms. The van der Waals surface area contributed by atoms with Gasteiger partial charge in [-0.2, -0.15) is 11.8 Å². The molecule has 106 valence electrons. The molecule has 1 aromatic carbocycles. The molecule has 0 saturated carbocycles. The molecule has 0 spiro atoms. The number of methoxy groups -OCH3 is 1. The average molecular weight is 280 g/mol. The van der Waals surface area contributed by atoms with Crippen molar-refractivity contribution in [1.29, 1.82) is 0 Å². The third-order valence-electron chi connectivity index (χ3n) is 3.56. The summed E-state index contributed by atoms with van der Waals surface area (Å²) in [4.78, 5) is 2.51. The molecule has 0 radical (unpaired) electrons. The van der Waals surface area contributed by atoms with Crippen LogP contribution in [0.2, 0.25) is 0 Å². The summed E-state index contributed by atoms with van der Waals surface area (Å²) in [6, 6.07) is 6.00. The van der Waals surface area contributed by atoms with E-state index in [1.807, 2.05) is 12.1 Å². The fraction of sp³-hybridized carbons (Fsp3) is 0.600. The van der Waals surface area contributed by atoms with Crippen LogP contribution in [0.25, 0.3) is 0 Å². The molecule has 1 heterocycles.